The highest BCUT2D eigenvalue weighted by Crippen LogP contribution is 2.50. The van der Waals surface area contributed by atoms with Crippen LogP contribution in [0.3, 0.4) is 0 Å². The van der Waals surface area contributed by atoms with Gasteiger partial charge in [-0.25, -0.2) is 15.0 Å². The molecule has 0 saturated heterocycles. The van der Waals surface area contributed by atoms with Gasteiger partial charge in [0, 0.05) is 61.6 Å². The molecule has 0 fully saturated rings. The Balaban J connectivity index is 0.977. The molecule has 526 valence electrons. The molecule has 2 aromatic heterocycles. The van der Waals surface area contributed by atoms with E-state index in [4.69, 9.17) is 15.0 Å². The SMILES string of the molecule is CC(C)(C)c1cc(-c2ccc3c(c2)N(c2ccccc2)c2cc(-c4ccc5c(c4)c4ccc(C(C)(C)C)cc4n5-c4ccc(C(F)(F)F)cc4-c4nc(-c5ccccc5)nc(-c5ccccc5)n4)cc4c2B3c2ccc(-c3cc(C(C)(C)C)cc(C(C)(C)C)c3)cc2N4c2ccccc2)cc(C(C)(C)C)c1. The molecule has 4 heterocycles. The van der Waals surface area contributed by atoms with Crippen molar-refractivity contribution in [1.82, 2.24) is 19.5 Å². The molecule has 0 spiro atoms. The monoisotopic (exact) mass is 1390 g/mol. The Morgan fingerprint density at radius 3 is 1.09 bits per heavy atom. The average molecular weight is 1390 g/mol. The van der Waals surface area contributed by atoms with Crippen molar-refractivity contribution in [2.24, 2.45) is 0 Å². The third-order valence-corrected chi connectivity index (χ3v) is 21.6. The van der Waals surface area contributed by atoms with Crippen LogP contribution in [0.15, 0.2) is 261 Å². The molecule has 0 amide bonds. The molecular weight excluding hydrogens is 1300 g/mol. The highest BCUT2D eigenvalue weighted by molar-refractivity contribution is 7.00. The van der Waals surface area contributed by atoms with Crippen molar-refractivity contribution >= 4 is 79.0 Å². The summed E-state index contributed by atoms with van der Waals surface area (Å²) in [7, 11) is 0. The van der Waals surface area contributed by atoms with Gasteiger partial charge in [-0.2, -0.15) is 13.2 Å². The largest absolute Gasteiger partial charge is 0.416 e. The van der Waals surface area contributed by atoms with Gasteiger partial charge in [-0.3, -0.25) is 0 Å². The summed E-state index contributed by atoms with van der Waals surface area (Å²) in [4.78, 5) is 20.1. The summed E-state index contributed by atoms with van der Waals surface area (Å²) in [6.45, 7) is 34.0. The van der Waals surface area contributed by atoms with Crippen LogP contribution in [0.25, 0.3) is 95.0 Å². The lowest BCUT2D eigenvalue weighted by Crippen LogP contribution is -2.61. The number of alkyl halides is 3. The van der Waals surface area contributed by atoms with E-state index < -0.39 is 11.7 Å². The first-order valence-corrected chi connectivity index (χ1v) is 37.0. The Morgan fingerprint density at radius 1 is 0.274 bits per heavy atom. The smallest absolute Gasteiger partial charge is 0.311 e. The summed E-state index contributed by atoms with van der Waals surface area (Å²) in [5, 5.41) is 1.87. The first-order valence-electron chi connectivity index (χ1n) is 37.0. The van der Waals surface area contributed by atoms with E-state index >= 15 is 13.2 Å². The predicted octanol–water partition coefficient (Wildman–Crippen LogP) is 24.6. The number of halogens is 3. The molecule has 106 heavy (non-hydrogen) atoms. The Hall–Kier alpha value is -11.1. The van der Waals surface area contributed by atoms with Gasteiger partial charge in [-0.1, -0.05) is 280 Å². The van der Waals surface area contributed by atoms with Gasteiger partial charge in [-0.15, -0.1) is 0 Å². The number of rotatable bonds is 9. The number of aromatic nitrogens is 4. The minimum Gasteiger partial charge on any atom is -0.311 e. The molecule has 6 nitrogen and oxygen atoms in total. The van der Waals surface area contributed by atoms with E-state index in [0.717, 1.165) is 83.7 Å². The van der Waals surface area contributed by atoms with Crippen molar-refractivity contribution in [1.29, 1.82) is 0 Å². The molecule has 0 unspecified atom stereocenters. The zero-order valence-electron chi connectivity index (χ0n) is 63.2. The van der Waals surface area contributed by atoms with Gasteiger partial charge in [0.1, 0.15) is 0 Å². The summed E-state index contributed by atoms with van der Waals surface area (Å²) in [5.41, 5.74) is 25.1. The molecule has 2 aliphatic rings. The topological polar surface area (TPSA) is 50.1 Å². The molecule has 10 heteroatoms. The van der Waals surface area contributed by atoms with Gasteiger partial charge < -0.3 is 14.4 Å². The van der Waals surface area contributed by atoms with Crippen LogP contribution in [0.5, 0.6) is 0 Å². The first-order chi connectivity index (χ1) is 50.3. The minimum atomic E-state index is -4.68. The van der Waals surface area contributed by atoms with Crippen molar-refractivity contribution in [2.45, 2.75) is 137 Å². The van der Waals surface area contributed by atoms with E-state index in [0.29, 0.717) is 28.5 Å². The summed E-state index contributed by atoms with van der Waals surface area (Å²) >= 11 is 0. The van der Waals surface area contributed by atoms with Crippen LogP contribution in [0.2, 0.25) is 0 Å². The number of anilines is 6. The first kappa shape index (κ1) is 69.3. The molecule has 14 aromatic rings. The van der Waals surface area contributed by atoms with Crippen LogP contribution in [0, 0.1) is 0 Å². The number of fused-ring (bicyclic) bond motifs is 7. The summed E-state index contributed by atoms with van der Waals surface area (Å²) in [5.74, 6) is 0.801. The van der Waals surface area contributed by atoms with Crippen LogP contribution in [0.1, 0.15) is 137 Å². The number of hydrogen-bond acceptors (Lipinski definition) is 5. The summed E-state index contributed by atoms with van der Waals surface area (Å²) in [6.07, 6.45) is -4.68. The number of benzene rings is 12. The van der Waals surface area contributed by atoms with Gasteiger partial charge in [0.2, 0.25) is 0 Å². The zero-order chi connectivity index (χ0) is 74.3. The Morgan fingerprint density at radius 2 is 0.660 bits per heavy atom. The Kier molecular flexibility index (Phi) is 16.6. The third-order valence-electron chi connectivity index (χ3n) is 21.6. The predicted molar refractivity (Wildman–Crippen MR) is 439 cm³/mol. The molecule has 0 saturated carbocycles. The molecule has 16 rings (SSSR count). The van der Waals surface area contributed by atoms with Gasteiger partial charge in [0.15, 0.2) is 17.5 Å². The van der Waals surface area contributed by atoms with Crippen LogP contribution in [-0.4, -0.2) is 26.2 Å². The number of para-hydroxylation sites is 2. The normalized spacial score (nSPS) is 13.3. The van der Waals surface area contributed by atoms with Crippen LogP contribution in [-0.2, 0) is 33.3 Å². The standard InChI is InChI=1S/C96H88BF3N6/c1-91(2,3)67-39-41-75-76-50-61(38-44-80(76)106(82(75)58-67)81-45-40-68(96(98,99)100)57-77(81)90-102-88(59-28-20-16-21-29-59)101-89(103-90)60-30-22-17-23-31-60)66-53-85-87-86(54-66)105(74-34-26-19-27-35-74)84-52-63(65-48-71(94(10,11)12)56-72(49-65)95(13,14)15)37-43-79(84)97(87)78-42-36-62(51-83(78)104(85)73-32-24-18-25-33-73)64-46-69(92(4,5)6)55-70(47-64)93(7,8)9/h16-58H,1-15H3. The lowest BCUT2D eigenvalue weighted by Gasteiger charge is -2.44. The zero-order valence-corrected chi connectivity index (χ0v) is 63.2. The molecular formula is C96H88BF3N6. The minimum absolute atomic E-state index is 0.0996. The van der Waals surface area contributed by atoms with Crippen LogP contribution < -0.4 is 26.2 Å². The second-order valence-corrected chi connectivity index (χ2v) is 34.2. The van der Waals surface area contributed by atoms with Crippen molar-refractivity contribution < 1.29 is 13.2 Å². The van der Waals surface area contributed by atoms with Crippen molar-refractivity contribution in [3.05, 3.63) is 294 Å². The molecule has 12 aromatic carbocycles. The fraction of sp³-hybridized carbons (Fsp3) is 0.219. The lowest BCUT2D eigenvalue weighted by molar-refractivity contribution is -0.137. The van der Waals surface area contributed by atoms with E-state index in [9.17, 15) is 0 Å². The van der Waals surface area contributed by atoms with E-state index in [1.165, 1.54) is 61.9 Å². The van der Waals surface area contributed by atoms with E-state index in [1.807, 2.05) is 60.7 Å². The van der Waals surface area contributed by atoms with Crippen molar-refractivity contribution in [2.75, 3.05) is 9.80 Å². The third kappa shape index (κ3) is 12.6. The molecule has 0 atom stereocenters. The van der Waals surface area contributed by atoms with Gasteiger partial charge in [0.05, 0.1) is 22.3 Å². The van der Waals surface area contributed by atoms with Crippen molar-refractivity contribution in [3.8, 4) is 73.2 Å². The molecule has 0 N–H and O–H groups in total. The quantitative estimate of drug-likeness (QED) is 0.135. The molecule has 0 radical (unpaired) electrons. The Labute approximate surface area is 622 Å². The van der Waals surface area contributed by atoms with Gasteiger partial charge in [-0.05, 0) is 190 Å². The summed E-state index contributed by atoms with van der Waals surface area (Å²) in [6, 6.07) is 91.5. The van der Waals surface area contributed by atoms with E-state index in [2.05, 4.69) is 300 Å². The van der Waals surface area contributed by atoms with E-state index in [-0.39, 0.29) is 45.2 Å². The van der Waals surface area contributed by atoms with Gasteiger partial charge >= 0.3 is 6.18 Å². The van der Waals surface area contributed by atoms with Crippen LogP contribution >= 0.6 is 0 Å². The maximum atomic E-state index is 15.4. The Bertz CT molecular complexity index is 5470. The maximum absolute atomic E-state index is 15.4. The highest BCUT2D eigenvalue weighted by atomic mass is 19.4. The van der Waals surface area contributed by atoms with E-state index in [1.54, 1.807) is 6.07 Å². The highest BCUT2D eigenvalue weighted by Gasteiger charge is 2.45. The average Bonchev–Trinajstić information content (AvgIpc) is 0.763. The van der Waals surface area contributed by atoms with Crippen molar-refractivity contribution in [3.63, 3.8) is 0 Å². The fourth-order valence-electron chi connectivity index (χ4n) is 15.5. The number of hydrogen-bond donors (Lipinski definition) is 0. The maximum Gasteiger partial charge on any atom is 0.416 e. The van der Waals surface area contributed by atoms with Crippen LogP contribution in [0.4, 0.5) is 47.3 Å². The molecule has 0 aliphatic carbocycles. The fourth-order valence-corrected chi connectivity index (χ4v) is 15.5. The lowest BCUT2D eigenvalue weighted by atomic mass is 9.33. The molecule has 2 aliphatic heterocycles. The molecule has 0 bridgehead atoms. The summed E-state index contributed by atoms with van der Waals surface area (Å²) < 4.78 is 48.4. The second kappa shape index (κ2) is 25.3. The van der Waals surface area contributed by atoms with Gasteiger partial charge in [0.25, 0.3) is 6.71 Å². The number of nitrogens with zero attached hydrogens (tertiary/aromatic N) is 6. The second-order valence-electron chi connectivity index (χ2n) is 34.2.